The fourth-order valence-electron chi connectivity index (χ4n) is 3.89. The number of benzene rings is 2. The van der Waals surface area contributed by atoms with Crippen LogP contribution in [0.4, 0.5) is 0 Å². The third-order valence-electron chi connectivity index (χ3n) is 5.40. The summed E-state index contributed by atoms with van der Waals surface area (Å²) in [5.41, 5.74) is 3.49. The second-order valence-corrected chi connectivity index (χ2v) is 8.34. The molecule has 0 bridgehead atoms. The van der Waals surface area contributed by atoms with Crippen LogP contribution >= 0.6 is 11.8 Å². The minimum Gasteiger partial charge on any atom is -0.272 e. The van der Waals surface area contributed by atoms with Crippen LogP contribution in [-0.4, -0.2) is 28.9 Å². The van der Waals surface area contributed by atoms with Gasteiger partial charge in [-0.1, -0.05) is 48.2 Å². The van der Waals surface area contributed by atoms with E-state index in [0.29, 0.717) is 39.9 Å². The summed E-state index contributed by atoms with van der Waals surface area (Å²) in [6.07, 6.45) is 1.66. The van der Waals surface area contributed by atoms with Crippen molar-refractivity contribution in [2.24, 2.45) is 0 Å². The van der Waals surface area contributed by atoms with Gasteiger partial charge in [-0.15, -0.1) is 16.8 Å². The maximum atomic E-state index is 13.0. The van der Waals surface area contributed by atoms with E-state index >= 15 is 0 Å². The molecule has 162 valence electrons. The number of aromatic nitrogens is 6. The smallest absolute Gasteiger partial charge is 0.263 e. The lowest BCUT2D eigenvalue weighted by molar-refractivity contribution is 0.783. The van der Waals surface area contributed by atoms with Crippen LogP contribution in [0.5, 0.6) is 0 Å². The molecule has 2 aromatic carbocycles. The number of rotatable bonds is 6. The monoisotopic (exact) mass is 453 g/mol. The molecular weight excluding hydrogens is 434 g/mol. The topological polar surface area (TPSA) is 93.8 Å². The normalized spacial score (nSPS) is 11.2. The van der Waals surface area contributed by atoms with Gasteiger partial charge in [0.25, 0.3) is 5.56 Å². The van der Waals surface area contributed by atoms with Crippen molar-refractivity contribution in [2.45, 2.75) is 24.4 Å². The van der Waals surface area contributed by atoms with Gasteiger partial charge >= 0.3 is 0 Å². The van der Waals surface area contributed by atoms with Gasteiger partial charge in [0.1, 0.15) is 6.07 Å². The molecule has 0 aliphatic heterocycles. The lowest BCUT2D eigenvalue weighted by atomic mass is 10.2. The van der Waals surface area contributed by atoms with E-state index in [1.54, 1.807) is 21.4 Å². The minimum absolute atomic E-state index is 0.133. The molecule has 3 heterocycles. The van der Waals surface area contributed by atoms with Crippen molar-refractivity contribution >= 4 is 28.4 Å². The molecule has 3 aromatic heterocycles. The lowest BCUT2D eigenvalue weighted by Gasteiger charge is -2.10. The molecular formula is C24H19N7OS. The quantitative estimate of drug-likeness (QED) is 0.286. The zero-order valence-corrected chi connectivity index (χ0v) is 18.7. The molecule has 5 aromatic rings. The van der Waals surface area contributed by atoms with E-state index in [1.165, 1.54) is 11.8 Å². The number of thioether (sulfide) groups is 1. The van der Waals surface area contributed by atoms with E-state index in [0.717, 1.165) is 16.9 Å². The molecule has 5 rings (SSSR count). The van der Waals surface area contributed by atoms with Gasteiger partial charge in [0.2, 0.25) is 5.78 Å². The Kier molecular flexibility index (Phi) is 5.28. The lowest BCUT2D eigenvalue weighted by Crippen LogP contribution is -2.22. The second kappa shape index (κ2) is 8.41. The van der Waals surface area contributed by atoms with E-state index in [9.17, 15) is 10.1 Å². The highest BCUT2D eigenvalue weighted by Gasteiger charge is 2.20. The van der Waals surface area contributed by atoms with Crippen LogP contribution < -0.4 is 5.56 Å². The van der Waals surface area contributed by atoms with Crippen LogP contribution in [0.15, 0.2) is 77.2 Å². The Labute approximate surface area is 193 Å². The predicted octanol–water partition coefficient (Wildman–Crippen LogP) is 3.89. The van der Waals surface area contributed by atoms with Crippen LogP contribution in [0.25, 0.3) is 22.4 Å². The number of fused-ring (bicyclic) bond motifs is 3. The Morgan fingerprint density at radius 2 is 1.88 bits per heavy atom. The molecule has 0 atom stereocenters. The summed E-state index contributed by atoms with van der Waals surface area (Å²) in [6.45, 7) is 5.93. The van der Waals surface area contributed by atoms with Crippen molar-refractivity contribution in [3.8, 4) is 11.8 Å². The van der Waals surface area contributed by atoms with Crippen LogP contribution in [0.1, 0.15) is 17.0 Å². The third-order valence-corrected chi connectivity index (χ3v) is 6.34. The van der Waals surface area contributed by atoms with Gasteiger partial charge in [-0.25, -0.2) is 4.68 Å². The van der Waals surface area contributed by atoms with Gasteiger partial charge < -0.3 is 0 Å². The fraction of sp³-hybridized carbons (Fsp3) is 0.125. The van der Waals surface area contributed by atoms with Crippen LogP contribution in [0.3, 0.4) is 0 Å². The fourth-order valence-corrected chi connectivity index (χ4v) is 4.83. The van der Waals surface area contributed by atoms with E-state index in [1.807, 2.05) is 59.9 Å². The van der Waals surface area contributed by atoms with Gasteiger partial charge in [0, 0.05) is 12.3 Å². The average molecular weight is 454 g/mol. The summed E-state index contributed by atoms with van der Waals surface area (Å²) >= 11 is 1.45. The van der Waals surface area contributed by atoms with E-state index < -0.39 is 0 Å². The third kappa shape index (κ3) is 3.41. The summed E-state index contributed by atoms with van der Waals surface area (Å²) < 4.78 is 5.24. The zero-order valence-electron chi connectivity index (χ0n) is 17.8. The highest BCUT2D eigenvalue weighted by atomic mass is 32.2. The number of nitriles is 1. The van der Waals surface area contributed by atoms with E-state index in [2.05, 4.69) is 27.9 Å². The molecule has 33 heavy (non-hydrogen) atoms. The number of nitrogens with zero attached hydrogens (tertiary/aromatic N) is 7. The van der Waals surface area contributed by atoms with Crippen molar-refractivity contribution in [2.75, 3.05) is 0 Å². The van der Waals surface area contributed by atoms with Gasteiger partial charge in [0.05, 0.1) is 33.5 Å². The van der Waals surface area contributed by atoms with Crippen molar-refractivity contribution in [3.05, 3.63) is 94.6 Å². The number of para-hydroxylation sites is 2. The highest BCUT2D eigenvalue weighted by molar-refractivity contribution is 7.98. The summed E-state index contributed by atoms with van der Waals surface area (Å²) in [4.78, 5) is 13.0. The SMILES string of the molecule is C=CCn1c(=O)c2ccccc2n2c(SCc3c(C#N)c(C)nn3-c3ccccc3)nnc12. The molecule has 9 heteroatoms. The van der Waals surface area contributed by atoms with E-state index in [4.69, 9.17) is 0 Å². The molecule has 8 nitrogen and oxygen atoms in total. The Morgan fingerprint density at radius 3 is 2.64 bits per heavy atom. The number of hydrogen-bond acceptors (Lipinski definition) is 6. The molecule has 0 radical (unpaired) electrons. The Balaban J connectivity index is 1.63. The van der Waals surface area contributed by atoms with Crippen molar-refractivity contribution in [3.63, 3.8) is 0 Å². The van der Waals surface area contributed by atoms with Crippen LogP contribution in [-0.2, 0) is 12.3 Å². The van der Waals surface area contributed by atoms with Gasteiger partial charge in [0.15, 0.2) is 5.16 Å². The summed E-state index contributed by atoms with van der Waals surface area (Å²) in [5.74, 6) is 0.906. The van der Waals surface area contributed by atoms with Crippen molar-refractivity contribution < 1.29 is 0 Å². The minimum atomic E-state index is -0.133. The Hall–Kier alpha value is -4.16. The molecule has 0 amide bonds. The largest absolute Gasteiger partial charge is 0.272 e. The van der Waals surface area contributed by atoms with Gasteiger partial charge in [-0.2, -0.15) is 10.4 Å². The maximum Gasteiger partial charge on any atom is 0.263 e. The maximum absolute atomic E-state index is 13.0. The first kappa shape index (κ1) is 20.7. The van der Waals surface area contributed by atoms with Gasteiger partial charge in [-0.3, -0.25) is 13.8 Å². The van der Waals surface area contributed by atoms with Crippen LogP contribution in [0, 0.1) is 18.3 Å². The summed E-state index contributed by atoms with van der Waals surface area (Å²) in [6, 6.07) is 19.4. The van der Waals surface area contributed by atoms with Crippen molar-refractivity contribution in [1.29, 1.82) is 5.26 Å². The first-order valence-electron chi connectivity index (χ1n) is 10.3. The molecule has 0 spiro atoms. The standard InChI is InChI=1S/C24H19N7OS/c1-3-13-29-22(32)18-11-7-8-12-20(18)30-23(29)26-27-24(30)33-15-21-19(14-25)16(2)28-31(21)17-9-5-4-6-10-17/h3-12H,1,13,15H2,2H3. The Morgan fingerprint density at radius 1 is 1.12 bits per heavy atom. The first-order chi connectivity index (χ1) is 16.1. The molecule has 0 saturated heterocycles. The zero-order chi connectivity index (χ0) is 22.9. The van der Waals surface area contributed by atoms with Gasteiger partial charge in [-0.05, 0) is 31.2 Å². The summed E-state index contributed by atoms with van der Waals surface area (Å²) in [7, 11) is 0. The highest BCUT2D eigenvalue weighted by Crippen LogP contribution is 2.28. The number of hydrogen-bond donors (Lipinski definition) is 0. The molecule has 0 aliphatic rings. The van der Waals surface area contributed by atoms with Crippen molar-refractivity contribution in [1.82, 2.24) is 28.9 Å². The average Bonchev–Trinajstić information content (AvgIpc) is 3.41. The molecule has 0 unspecified atom stereocenters. The number of aryl methyl sites for hydroxylation is 1. The first-order valence-corrected chi connectivity index (χ1v) is 11.3. The predicted molar refractivity (Wildman–Crippen MR) is 128 cm³/mol. The van der Waals surface area contributed by atoms with E-state index in [-0.39, 0.29) is 5.56 Å². The molecule has 0 aliphatic carbocycles. The second-order valence-electron chi connectivity index (χ2n) is 7.39. The molecule has 0 N–H and O–H groups in total. The Bertz CT molecular complexity index is 1610. The molecule has 0 fully saturated rings. The summed E-state index contributed by atoms with van der Waals surface area (Å²) in [5, 5.41) is 24.3. The molecule has 0 saturated carbocycles. The number of allylic oxidation sites excluding steroid dienone is 1. The van der Waals surface area contributed by atoms with Crippen LogP contribution in [0.2, 0.25) is 0 Å².